The van der Waals surface area contributed by atoms with E-state index in [1.807, 2.05) is 24.3 Å². The molecule has 0 bridgehead atoms. The third kappa shape index (κ3) is 2.24. The van der Waals surface area contributed by atoms with E-state index in [1.165, 1.54) is 0 Å². The van der Waals surface area contributed by atoms with Gasteiger partial charge in [0, 0.05) is 35.6 Å². The summed E-state index contributed by atoms with van der Waals surface area (Å²) in [5, 5.41) is 0. The molecule has 0 aliphatic heterocycles. The molecule has 0 saturated heterocycles. The van der Waals surface area contributed by atoms with Crippen molar-refractivity contribution in [3.8, 4) is 0 Å². The van der Waals surface area contributed by atoms with Gasteiger partial charge in [0.15, 0.2) is 0 Å². The van der Waals surface area contributed by atoms with E-state index in [0.717, 1.165) is 11.4 Å². The average Bonchev–Trinajstić information content (AvgIpc) is 2.39. The number of aromatic nitrogens is 3. The molecule has 81 valence electrons. The fourth-order valence-electron chi connectivity index (χ4n) is 1.63. The summed E-state index contributed by atoms with van der Waals surface area (Å²) in [7, 11) is 0. The van der Waals surface area contributed by atoms with Gasteiger partial charge in [-0.3, -0.25) is 4.98 Å². The minimum absolute atomic E-state index is 0.107. The van der Waals surface area contributed by atoms with E-state index in [2.05, 4.69) is 28.8 Å². The second-order valence-electron chi connectivity index (χ2n) is 3.78. The smallest absolute Gasteiger partial charge is 0.115 e. The molecule has 2 atom stereocenters. The fourth-order valence-corrected chi connectivity index (χ4v) is 1.63. The Bertz CT molecular complexity index is 384. The molecule has 0 spiro atoms. The van der Waals surface area contributed by atoms with Gasteiger partial charge in [-0.25, -0.2) is 9.97 Å². The molecular formula is C13H14N3. The molecule has 0 saturated carbocycles. The average molecular weight is 212 g/mol. The first-order chi connectivity index (χ1) is 7.79. The van der Waals surface area contributed by atoms with Crippen LogP contribution in [0.1, 0.15) is 30.1 Å². The second-order valence-corrected chi connectivity index (χ2v) is 3.78. The van der Waals surface area contributed by atoms with E-state index in [-0.39, 0.29) is 11.8 Å². The maximum Gasteiger partial charge on any atom is 0.115 e. The molecule has 2 unspecified atom stereocenters. The van der Waals surface area contributed by atoms with E-state index < -0.39 is 0 Å². The van der Waals surface area contributed by atoms with E-state index >= 15 is 0 Å². The number of rotatable bonds is 3. The van der Waals surface area contributed by atoms with Crippen LogP contribution in [0.4, 0.5) is 0 Å². The zero-order valence-electron chi connectivity index (χ0n) is 9.24. The van der Waals surface area contributed by atoms with Gasteiger partial charge in [0.05, 0.1) is 0 Å². The molecule has 0 N–H and O–H groups in total. The van der Waals surface area contributed by atoms with Crippen molar-refractivity contribution in [2.24, 2.45) is 0 Å². The van der Waals surface area contributed by atoms with Crippen LogP contribution in [-0.4, -0.2) is 15.0 Å². The summed E-state index contributed by atoms with van der Waals surface area (Å²) >= 11 is 0. The van der Waals surface area contributed by atoms with Gasteiger partial charge in [-0.2, -0.15) is 0 Å². The highest BCUT2D eigenvalue weighted by molar-refractivity contribution is 5.18. The highest BCUT2D eigenvalue weighted by Crippen LogP contribution is 2.28. The van der Waals surface area contributed by atoms with Crippen molar-refractivity contribution in [3.05, 3.63) is 61.3 Å². The van der Waals surface area contributed by atoms with Crippen molar-refractivity contribution in [1.82, 2.24) is 15.0 Å². The van der Waals surface area contributed by atoms with Crippen LogP contribution < -0.4 is 0 Å². The fraction of sp³-hybridized carbons (Fsp3) is 0.231. The summed E-state index contributed by atoms with van der Waals surface area (Å²) in [6.45, 7) is 6.27. The molecule has 0 aliphatic rings. The Kier molecular flexibility index (Phi) is 3.25. The number of hydrogen-bond donors (Lipinski definition) is 0. The van der Waals surface area contributed by atoms with Gasteiger partial charge in [-0.05, 0) is 25.1 Å². The van der Waals surface area contributed by atoms with E-state index in [9.17, 15) is 0 Å². The van der Waals surface area contributed by atoms with Gasteiger partial charge in [-0.15, -0.1) is 0 Å². The molecule has 0 aromatic carbocycles. The largest absolute Gasteiger partial charge is 0.261 e. The Balaban J connectivity index is 2.20. The summed E-state index contributed by atoms with van der Waals surface area (Å²) < 4.78 is 0. The maximum atomic E-state index is 4.32. The van der Waals surface area contributed by atoms with Crippen molar-refractivity contribution in [3.63, 3.8) is 0 Å². The minimum Gasteiger partial charge on any atom is -0.261 e. The van der Waals surface area contributed by atoms with Gasteiger partial charge < -0.3 is 0 Å². The van der Waals surface area contributed by atoms with Gasteiger partial charge in [0.2, 0.25) is 0 Å². The molecule has 2 aromatic rings. The SMILES string of the molecule is [CH2]C(c1ccccn1)C(C)c1ccncn1. The summed E-state index contributed by atoms with van der Waals surface area (Å²) in [6.07, 6.45) is 5.11. The third-order valence-electron chi connectivity index (χ3n) is 2.74. The van der Waals surface area contributed by atoms with Crippen LogP contribution in [0.15, 0.2) is 43.0 Å². The Hall–Kier alpha value is -1.77. The number of hydrogen-bond acceptors (Lipinski definition) is 3. The topological polar surface area (TPSA) is 38.7 Å². The number of nitrogens with zero attached hydrogens (tertiary/aromatic N) is 3. The van der Waals surface area contributed by atoms with Crippen LogP contribution in [0.2, 0.25) is 0 Å². The molecule has 1 radical (unpaired) electrons. The zero-order valence-corrected chi connectivity index (χ0v) is 9.24. The van der Waals surface area contributed by atoms with Crippen molar-refractivity contribution >= 4 is 0 Å². The van der Waals surface area contributed by atoms with Crippen LogP contribution >= 0.6 is 0 Å². The van der Waals surface area contributed by atoms with Crippen LogP contribution in [0.25, 0.3) is 0 Å². The standard InChI is InChI=1S/C13H14N3/c1-10(12-5-3-4-7-15-12)11(2)13-6-8-14-9-16-13/h3-11H,1H2,2H3. The predicted molar refractivity (Wildman–Crippen MR) is 62.8 cm³/mol. The molecule has 0 fully saturated rings. The first-order valence-corrected chi connectivity index (χ1v) is 5.29. The molecule has 2 heterocycles. The van der Waals surface area contributed by atoms with Gasteiger partial charge >= 0.3 is 0 Å². The lowest BCUT2D eigenvalue weighted by molar-refractivity contribution is 0.636. The Labute approximate surface area is 95.6 Å². The van der Waals surface area contributed by atoms with Crippen LogP contribution in [0.5, 0.6) is 0 Å². The van der Waals surface area contributed by atoms with Crippen LogP contribution in [0, 0.1) is 6.92 Å². The van der Waals surface area contributed by atoms with E-state index in [0.29, 0.717) is 0 Å². The summed E-state index contributed by atoms with van der Waals surface area (Å²) in [5.41, 5.74) is 1.99. The van der Waals surface area contributed by atoms with E-state index in [4.69, 9.17) is 0 Å². The summed E-state index contributed by atoms with van der Waals surface area (Å²) in [4.78, 5) is 12.5. The predicted octanol–water partition coefficient (Wildman–Crippen LogP) is 2.59. The van der Waals surface area contributed by atoms with Crippen molar-refractivity contribution in [2.45, 2.75) is 18.8 Å². The minimum atomic E-state index is 0.107. The maximum absolute atomic E-state index is 4.32. The Morgan fingerprint density at radius 1 is 1.06 bits per heavy atom. The zero-order chi connectivity index (χ0) is 11.4. The van der Waals surface area contributed by atoms with Crippen LogP contribution in [0.3, 0.4) is 0 Å². The molecular weight excluding hydrogens is 198 g/mol. The van der Waals surface area contributed by atoms with Crippen molar-refractivity contribution in [2.75, 3.05) is 0 Å². The first kappa shape index (κ1) is 10.7. The van der Waals surface area contributed by atoms with Gasteiger partial charge in [-0.1, -0.05) is 13.0 Å². The van der Waals surface area contributed by atoms with Crippen molar-refractivity contribution < 1.29 is 0 Å². The monoisotopic (exact) mass is 212 g/mol. The first-order valence-electron chi connectivity index (χ1n) is 5.29. The van der Waals surface area contributed by atoms with Gasteiger partial charge in [0.25, 0.3) is 0 Å². The highest BCUT2D eigenvalue weighted by Gasteiger charge is 2.17. The Morgan fingerprint density at radius 3 is 2.56 bits per heavy atom. The van der Waals surface area contributed by atoms with E-state index in [1.54, 1.807) is 18.7 Å². The lowest BCUT2D eigenvalue weighted by Gasteiger charge is -2.18. The second kappa shape index (κ2) is 4.84. The number of pyridine rings is 1. The highest BCUT2D eigenvalue weighted by atomic mass is 14.8. The molecule has 0 aliphatic carbocycles. The molecule has 3 heteroatoms. The third-order valence-corrected chi connectivity index (χ3v) is 2.74. The molecule has 2 rings (SSSR count). The molecule has 3 nitrogen and oxygen atoms in total. The summed E-state index contributed by atoms with van der Waals surface area (Å²) in [6, 6.07) is 7.81. The normalized spacial score (nSPS) is 14.4. The molecule has 0 amide bonds. The molecule has 2 aromatic heterocycles. The van der Waals surface area contributed by atoms with Gasteiger partial charge in [0.1, 0.15) is 6.33 Å². The lowest BCUT2D eigenvalue weighted by atomic mass is 9.89. The van der Waals surface area contributed by atoms with Crippen molar-refractivity contribution in [1.29, 1.82) is 0 Å². The molecule has 16 heavy (non-hydrogen) atoms. The quantitative estimate of drug-likeness (QED) is 0.785. The summed E-state index contributed by atoms with van der Waals surface area (Å²) in [5.74, 6) is 0.342. The Morgan fingerprint density at radius 2 is 1.94 bits per heavy atom. The lowest BCUT2D eigenvalue weighted by Crippen LogP contribution is -2.08. The van der Waals surface area contributed by atoms with Crippen LogP contribution in [-0.2, 0) is 0 Å².